The van der Waals surface area contributed by atoms with E-state index in [1.165, 1.54) is 12.1 Å². The molecule has 8 heteroatoms. The molecular weight excluding hydrogens is 400 g/mol. The topological polar surface area (TPSA) is 115 Å². The predicted molar refractivity (Wildman–Crippen MR) is 115 cm³/mol. The number of ether oxygens (including phenoxy) is 1. The van der Waals surface area contributed by atoms with E-state index in [2.05, 4.69) is 12.2 Å². The van der Waals surface area contributed by atoms with Gasteiger partial charge in [-0.3, -0.25) is 10.1 Å². The van der Waals surface area contributed by atoms with Crippen molar-refractivity contribution in [3.63, 3.8) is 0 Å². The van der Waals surface area contributed by atoms with Gasteiger partial charge in [-0.1, -0.05) is 13.0 Å². The quantitative estimate of drug-likeness (QED) is 0.531. The van der Waals surface area contributed by atoms with Gasteiger partial charge < -0.3 is 19.6 Å². The lowest BCUT2D eigenvalue weighted by molar-refractivity contribution is -0.385. The molecule has 3 atom stereocenters. The molecule has 2 heterocycles. The summed E-state index contributed by atoms with van der Waals surface area (Å²) in [6.07, 6.45) is 4.71. The second kappa shape index (κ2) is 8.55. The molecule has 0 saturated heterocycles. The van der Waals surface area contributed by atoms with Crippen molar-refractivity contribution in [3.8, 4) is 11.5 Å². The summed E-state index contributed by atoms with van der Waals surface area (Å²) < 4.78 is 11.3. The third-order valence-corrected chi connectivity index (χ3v) is 6.24. The van der Waals surface area contributed by atoms with Gasteiger partial charge in [-0.25, -0.2) is 4.79 Å². The van der Waals surface area contributed by atoms with Crippen molar-refractivity contribution in [3.05, 3.63) is 67.3 Å². The van der Waals surface area contributed by atoms with E-state index in [9.17, 15) is 20.0 Å². The van der Waals surface area contributed by atoms with Crippen molar-refractivity contribution in [2.45, 2.75) is 45.8 Å². The molecule has 2 aromatic rings. The zero-order valence-corrected chi connectivity index (χ0v) is 17.6. The third kappa shape index (κ3) is 4.49. The molecular formula is C23H26N2O6. The maximum absolute atomic E-state index is 12.1. The van der Waals surface area contributed by atoms with E-state index < -0.39 is 4.92 Å². The zero-order chi connectivity index (χ0) is 22.1. The standard InChI is InChI=1S/C23H26N2O6/c1-13(11-24-12-15-3-6-20(26)19(8-15)25(28)29)16-4-5-17-9-18-22(31-21(17)10-16)7-14(2)30-23(18)27/h3,6-9,13,16,21,24,26H,4-5,10-12H2,1-2H3/t13?,16-,21-/m0/s1. The van der Waals surface area contributed by atoms with Gasteiger partial charge in [0.05, 0.1) is 4.92 Å². The minimum absolute atomic E-state index is 0.0188. The minimum atomic E-state index is -0.581. The Kier molecular flexibility index (Phi) is 5.82. The molecule has 1 aromatic heterocycles. The molecule has 2 N–H and O–H groups in total. The van der Waals surface area contributed by atoms with Crippen LogP contribution in [0, 0.1) is 28.9 Å². The fourth-order valence-electron chi connectivity index (χ4n) is 4.46. The van der Waals surface area contributed by atoms with Crippen LogP contribution in [0.5, 0.6) is 11.5 Å². The maximum Gasteiger partial charge on any atom is 0.346 e. The van der Waals surface area contributed by atoms with Crippen molar-refractivity contribution in [1.29, 1.82) is 0 Å². The van der Waals surface area contributed by atoms with Gasteiger partial charge in [-0.15, -0.1) is 0 Å². The molecule has 1 fully saturated rings. The van der Waals surface area contributed by atoms with Crippen molar-refractivity contribution < 1.29 is 19.2 Å². The average molecular weight is 426 g/mol. The Morgan fingerprint density at radius 2 is 2.16 bits per heavy atom. The molecule has 0 radical (unpaired) electrons. The van der Waals surface area contributed by atoms with Crippen LogP contribution in [0.1, 0.15) is 43.1 Å². The summed E-state index contributed by atoms with van der Waals surface area (Å²) in [5, 5.41) is 23.9. The predicted octanol–water partition coefficient (Wildman–Crippen LogP) is 3.93. The van der Waals surface area contributed by atoms with Crippen LogP contribution in [0.4, 0.5) is 5.69 Å². The lowest BCUT2D eigenvalue weighted by atomic mass is 9.76. The van der Waals surface area contributed by atoms with E-state index in [0.717, 1.165) is 36.9 Å². The van der Waals surface area contributed by atoms with E-state index in [4.69, 9.17) is 9.15 Å². The Morgan fingerprint density at radius 1 is 1.35 bits per heavy atom. The van der Waals surface area contributed by atoms with Crippen LogP contribution in [0.3, 0.4) is 0 Å². The smallest absolute Gasteiger partial charge is 0.346 e. The lowest BCUT2D eigenvalue weighted by Crippen LogP contribution is -2.36. The summed E-state index contributed by atoms with van der Waals surface area (Å²) in [6, 6.07) is 6.21. The summed E-state index contributed by atoms with van der Waals surface area (Å²) in [5.74, 6) is 1.67. The number of nitrogens with zero attached hydrogens (tertiary/aromatic N) is 1. The number of nitro groups is 1. The van der Waals surface area contributed by atoms with Crippen LogP contribution < -0.4 is 15.7 Å². The second-order valence-electron chi connectivity index (χ2n) is 8.47. The van der Waals surface area contributed by atoms with Crippen LogP contribution in [0.25, 0.3) is 6.08 Å². The number of rotatable bonds is 6. The number of phenols is 1. The molecule has 1 saturated carbocycles. The van der Waals surface area contributed by atoms with Crippen molar-refractivity contribution in [1.82, 2.24) is 5.32 Å². The van der Waals surface area contributed by atoms with Crippen molar-refractivity contribution in [2.75, 3.05) is 6.54 Å². The number of fused-ring (bicyclic) bond motifs is 2. The molecule has 31 heavy (non-hydrogen) atoms. The first kappa shape index (κ1) is 21.1. The zero-order valence-electron chi connectivity index (χ0n) is 17.6. The maximum atomic E-state index is 12.1. The Balaban J connectivity index is 1.34. The van der Waals surface area contributed by atoms with E-state index in [1.54, 1.807) is 19.1 Å². The first-order valence-corrected chi connectivity index (χ1v) is 10.5. The van der Waals surface area contributed by atoms with Crippen LogP contribution in [-0.2, 0) is 6.54 Å². The van der Waals surface area contributed by atoms with Gasteiger partial charge in [0.1, 0.15) is 23.2 Å². The first-order valence-electron chi connectivity index (χ1n) is 10.5. The molecule has 0 amide bonds. The number of aromatic hydroxyl groups is 1. The minimum Gasteiger partial charge on any atom is -0.502 e. The molecule has 2 aliphatic rings. The van der Waals surface area contributed by atoms with E-state index in [1.807, 2.05) is 6.08 Å². The number of nitro benzene ring substituents is 1. The van der Waals surface area contributed by atoms with E-state index in [0.29, 0.717) is 35.5 Å². The summed E-state index contributed by atoms with van der Waals surface area (Å²) >= 11 is 0. The second-order valence-corrected chi connectivity index (χ2v) is 8.47. The Labute approximate surface area is 179 Å². The number of phenolic OH excluding ortho intramolecular Hbond substituents is 1. The molecule has 1 aromatic carbocycles. The SMILES string of the molecule is Cc1cc2c(c(=O)o1)C=C1CC[C@H](C(C)CNCc3ccc(O)c([N+](=O)[O-])c3)C[C@@H]1O2. The highest BCUT2D eigenvalue weighted by molar-refractivity contribution is 5.62. The normalized spacial score (nSPS) is 20.8. The fraction of sp³-hybridized carbons (Fsp3) is 0.435. The van der Waals surface area contributed by atoms with E-state index >= 15 is 0 Å². The van der Waals surface area contributed by atoms with Crippen LogP contribution in [0.15, 0.2) is 39.1 Å². The van der Waals surface area contributed by atoms with Crippen LogP contribution >= 0.6 is 0 Å². The van der Waals surface area contributed by atoms with Gasteiger partial charge in [0.25, 0.3) is 0 Å². The van der Waals surface area contributed by atoms with Crippen molar-refractivity contribution >= 4 is 11.8 Å². The number of benzene rings is 1. The Hall–Kier alpha value is -3.13. The van der Waals surface area contributed by atoms with Crippen molar-refractivity contribution in [2.24, 2.45) is 11.8 Å². The molecule has 1 aliphatic carbocycles. The Bertz CT molecular complexity index is 1090. The summed E-state index contributed by atoms with van der Waals surface area (Å²) in [7, 11) is 0. The number of hydrogen-bond donors (Lipinski definition) is 2. The summed E-state index contributed by atoms with van der Waals surface area (Å²) in [6.45, 7) is 5.20. The van der Waals surface area contributed by atoms with Crippen LogP contribution in [0.2, 0.25) is 0 Å². The summed E-state index contributed by atoms with van der Waals surface area (Å²) in [4.78, 5) is 22.5. The fourth-order valence-corrected chi connectivity index (χ4v) is 4.46. The monoisotopic (exact) mass is 426 g/mol. The largest absolute Gasteiger partial charge is 0.502 e. The molecule has 8 nitrogen and oxygen atoms in total. The van der Waals surface area contributed by atoms with E-state index in [-0.39, 0.29) is 23.2 Å². The van der Waals surface area contributed by atoms with Gasteiger partial charge in [-0.05, 0) is 67.8 Å². The van der Waals surface area contributed by atoms with Gasteiger partial charge in [-0.2, -0.15) is 0 Å². The number of aryl methyl sites for hydroxylation is 1. The average Bonchev–Trinajstić information content (AvgIpc) is 2.73. The molecule has 0 spiro atoms. The van der Waals surface area contributed by atoms with Gasteiger partial charge >= 0.3 is 11.3 Å². The van der Waals surface area contributed by atoms with Gasteiger partial charge in [0, 0.05) is 18.7 Å². The highest BCUT2D eigenvalue weighted by atomic mass is 16.6. The summed E-state index contributed by atoms with van der Waals surface area (Å²) in [5.41, 5.74) is 1.78. The molecule has 1 aliphatic heterocycles. The molecule has 1 unspecified atom stereocenters. The van der Waals surface area contributed by atoms with Gasteiger partial charge in [0.2, 0.25) is 0 Å². The molecule has 164 valence electrons. The van der Waals surface area contributed by atoms with Crippen LogP contribution in [-0.4, -0.2) is 22.7 Å². The third-order valence-electron chi connectivity index (χ3n) is 6.24. The number of nitrogens with one attached hydrogen (secondary N) is 1. The Morgan fingerprint density at radius 3 is 2.94 bits per heavy atom. The lowest BCUT2D eigenvalue weighted by Gasteiger charge is -2.37. The number of hydrogen-bond acceptors (Lipinski definition) is 7. The highest BCUT2D eigenvalue weighted by Gasteiger charge is 2.33. The van der Waals surface area contributed by atoms with Gasteiger partial charge in [0.15, 0.2) is 5.75 Å². The first-order chi connectivity index (χ1) is 14.8. The molecule has 0 bridgehead atoms. The molecule has 4 rings (SSSR count). The highest BCUT2D eigenvalue weighted by Crippen LogP contribution is 2.40.